The van der Waals surface area contributed by atoms with Crippen molar-refractivity contribution >= 4 is 12.0 Å². The van der Waals surface area contributed by atoms with E-state index < -0.39 is 18.0 Å². The number of amides is 2. The van der Waals surface area contributed by atoms with Gasteiger partial charge < -0.3 is 20.1 Å². The number of carbonyl (C=O) groups excluding carboxylic acids is 1. The minimum atomic E-state index is -1.06. The van der Waals surface area contributed by atoms with Gasteiger partial charge in [-0.25, -0.2) is 9.59 Å². The molecule has 0 aromatic carbocycles. The second-order valence-corrected chi connectivity index (χ2v) is 4.57. The van der Waals surface area contributed by atoms with Crippen molar-refractivity contribution in [3.8, 4) is 0 Å². The van der Waals surface area contributed by atoms with E-state index in [1.54, 1.807) is 24.5 Å². The van der Waals surface area contributed by atoms with E-state index in [-0.39, 0.29) is 19.2 Å². The fraction of sp³-hybridized carbons (Fsp3) is 0.462. The van der Waals surface area contributed by atoms with Crippen LogP contribution in [0.2, 0.25) is 0 Å². The first kappa shape index (κ1) is 14.3. The number of hydrogen-bond acceptors (Lipinski definition) is 4. The summed E-state index contributed by atoms with van der Waals surface area (Å²) in [6.07, 6.45) is 3.29. The second-order valence-electron chi connectivity index (χ2n) is 4.57. The van der Waals surface area contributed by atoms with Crippen molar-refractivity contribution in [2.24, 2.45) is 0 Å². The minimum Gasteiger partial charge on any atom is -0.480 e. The third kappa shape index (κ3) is 3.24. The molecule has 0 radical (unpaired) electrons. The number of aromatic nitrogens is 1. The van der Waals surface area contributed by atoms with Crippen LogP contribution in [0, 0.1) is 0 Å². The van der Waals surface area contributed by atoms with Gasteiger partial charge in [0, 0.05) is 18.9 Å². The molecule has 1 fully saturated rings. The van der Waals surface area contributed by atoms with Crippen LogP contribution >= 0.6 is 0 Å². The van der Waals surface area contributed by atoms with Crippen molar-refractivity contribution in [3.05, 3.63) is 30.1 Å². The Hall–Kier alpha value is -2.15. The maximum Gasteiger partial charge on any atom is 0.328 e. The van der Waals surface area contributed by atoms with Crippen molar-refractivity contribution in [2.75, 3.05) is 19.8 Å². The summed E-state index contributed by atoms with van der Waals surface area (Å²) in [4.78, 5) is 28.5. The number of hydrogen-bond donors (Lipinski definition) is 2. The van der Waals surface area contributed by atoms with E-state index in [1.807, 2.05) is 6.92 Å². The van der Waals surface area contributed by atoms with Crippen molar-refractivity contribution in [1.29, 1.82) is 0 Å². The summed E-state index contributed by atoms with van der Waals surface area (Å²) < 4.78 is 5.10. The van der Waals surface area contributed by atoms with Gasteiger partial charge in [-0.15, -0.1) is 0 Å². The van der Waals surface area contributed by atoms with Gasteiger partial charge in [-0.05, 0) is 24.6 Å². The van der Waals surface area contributed by atoms with Crippen molar-refractivity contribution in [3.63, 3.8) is 0 Å². The SMILES string of the molecule is CC(NC(=O)N1CCOCC1C(=O)O)c1ccncc1. The molecule has 2 N–H and O–H groups in total. The highest BCUT2D eigenvalue weighted by atomic mass is 16.5. The molecule has 1 aromatic heterocycles. The van der Waals surface area contributed by atoms with Crippen LogP contribution in [0.5, 0.6) is 0 Å². The molecule has 7 heteroatoms. The number of carbonyl (C=O) groups is 2. The molecule has 2 unspecified atom stereocenters. The first-order chi connectivity index (χ1) is 9.59. The molecule has 2 amide bonds. The molecule has 0 spiro atoms. The van der Waals surface area contributed by atoms with Gasteiger partial charge in [-0.1, -0.05) is 0 Å². The number of carboxylic acid groups (broad SMARTS) is 1. The third-order valence-electron chi connectivity index (χ3n) is 3.22. The van der Waals surface area contributed by atoms with Gasteiger partial charge in [-0.3, -0.25) is 4.98 Å². The third-order valence-corrected chi connectivity index (χ3v) is 3.22. The Morgan fingerprint density at radius 3 is 2.85 bits per heavy atom. The Kier molecular flexibility index (Phi) is 4.52. The summed E-state index contributed by atoms with van der Waals surface area (Å²) in [7, 11) is 0. The minimum absolute atomic E-state index is 0.0202. The van der Waals surface area contributed by atoms with E-state index in [1.165, 1.54) is 4.90 Å². The van der Waals surface area contributed by atoms with Crippen LogP contribution in [0.4, 0.5) is 4.79 Å². The fourth-order valence-electron chi connectivity index (χ4n) is 2.05. The Labute approximate surface area is 116 Å². The Bertz CT molecular complexity index is 480. The number of pyridine rings is 1. The molecule has 2 atom stereocenters. The van der Waals surface area contributed by atoms with Gasteiger partial charge in [0.25, 0.3) is 0 Å². The molecule has 1 aliphatic rings. The molecule has 1 saturated heterocycles. The molecule has 2 heterocycles. The number of nitrogens with zero attached hydrogens (tertiary/aromatic N) is 2. The summed E-state index contributed by atoms with van der Waals surface area (Å²) in [6.45, 7) is 2.47. The van der Waals surface area contributed by atoms with E-state index in [9.17, 15) is 9.59 Å². The zero-order chi connectivity index (χ0) is 14.5. The Morgan fingerprint density at radius 1 is 1.50 bits per heavy atom. The van der Waals surface area contributed by atoms with E-state index in [0.717, 1.165) is 5.56 Å². The van der Waals surface area contributed by atoms with Gasteiger partial charge in [0.2, 0.25) is 0 Å². The lowest BCUT2D eigenvalue weighted by atomic mass is 10.1. The standard InChI is InChI=1S/C13H17N3O4/c1-9(10-2-4-14-5-3-10)15-13(19)16-6-7-20-8-11(16)12(17)18/h2-5,9,11H,6-8H2,1H3,(H,15,19)(H,17,18). The molecule has 0 bridgehead atoms. The fourth-order valence-corrected chi connectivity index (χ4v) is 2.05. The average molecular weight is 279 g/mol. The second kappa shape index (κ2) is 6.33. The topological polar surface area (TPSA) is 91.8 Å². The first-order valence-electron chi connectivity index (χ1n) is 6.37. The van der Waals surface area contributed by atoms with Crippen LogP contribution in [0.15, 0.2) is 24.5 Å². The summed E-state index contributed by atoms with van der Waals surface area (Å²) in [5.41, 5.74) is 0.911. The molecule has 108 valence electrons. The summed E-state index contributed by atoms with van der Waals surface area (Å²) in [5.74, 6) is -1.06. The zero-order valence-corrected chi connectivity index (χ0v) is 11.2. The summed E-state index contributed by atoms with van der Waals surface area (Å²) in [6, 6.07) is 2.05. The largest absolute Gasteiger partial charge is 0.480 e. The highest BCUT2D eigenvalue weighted by Gasteiger charge is 2.33. The van der Waals surface area contributed by atoms with Gasteiger partial charge in [0.15, 0.2) is 6.04 Å². The van der Waals surface area contributed by atoms with Crippen LogP contribution in [-0.4, -0.2) is 52.8 Å². The number of carboxylic acids is 1. The maximum atomic E-state index is 12.2. The Morgan fingerprint density at radius 2 is 2.20 bits per heavy atom. The highest BCUT2D eigenvalue weighted by molar-refractivity contribution is 5.83. The number of aliphatic carboxylic acids is 1. The van der Waals surface area contributed by atoms with Crippen LogP contribution in [0.25, 0.3) is 0 Å². The smallest absolute Gasteiger partial charge is 0.328 e. The van der Waals surface area contributed by atoms with Gasteiger partial charge in [-0.2, -0.15) is 0 Å². The molecule has 1 aromatic rings. The van der Waals surface area contributed by atoms with Crippen LogP contribution in [0.1, 0.15) is 18.5 Å². The van der Waals surface area contributed by atoms with Gasteiger partial charge >= 0.3 is 12.0 Å². The lowest BCUT2D eigenvalue weighted by molar-refractivity contribution is -0.147. The van der Waals surface area contributed by atoms with Crippen LogP contribution < -0.4 is 5.32 Å². The van der Waals surface area contributed by atoms with Crippen molar-refractivity contribution in [2.45, 2.75) is 19.0 Å². The molecule has 2 rings (SSSR count). The van der Waals surface area contributed by atoms with Gasteiger partial charge in [0.05, 0.1) is 19.3 Å². The van der Waals surface area contributed by atoms with E-state index in [2.05, 4.69) is 10.3 Å². The lowest BCUT2D eigenvalue weighted by Crippen LogP contribution is -2.55. The van der Waals surface area contributed by atoms with Crippen molar-refractivity contribution in [1.82, 2.24) is 15.2 Å². The predicted molar refractivity (Wildman–Crippen MR) is 70.1 cm³/mol. The number of ether oxygens (including phenoxy) is 1. The first-order valence-corrected chi connectivity index (χ1v) is 6.37. The summed E-state index contributed by atoms with van der Waals surface area (Å²) >= 11 is 0. The number of rotatable bonds is 3. The number of nitrogens with one attached hydrogen (secondary N) is 1. The molecule has 1 aliphatic heterocycles. The normalized spacial score (nSPS) is 20.2. The predicted octanol–water partition coefficient (Wildman–Crippen LogP) is 0.638. The van der Waals surface area contributed by atoms with E-state index in [4.69, 9.17) is 9.84 Å². The zero-order valence-electron chi connectivity index (χ0n) is 11.2. The van der Waals surface area contributed by atoms with E-state index >= 15 is 0 Å². The number of morpholine rings is 1. The molecular weight excluding hydrogens is 262 g/mol. The molecule has 0 saturated carbocycles. The molecule has 20 heavy (non-hydrogen) atoms. The highest BCUT2D eigenvalue weighted by Crippen LogP contribution is 2.13. The lowest BCUT2D eigenvalue weighted by Gasteiger charge is -2.33. The molecule has 7 nitrogen and oxygen atoms in total. The van der Waals surface area contributed by atoms with Gasteiger partial charge in [0.1, 0.15) is 0 Å². The van der Waals surface area contributed by atoms with Crippen molar-refractivity contribution < 1.29 is 19.4 Å². The molecular formula is C13H17N3O4. The summed E-state index contributed by atoms with van der Waals surface area (Å²) in [5, 5.41) is 11.9. The maximum absolute atomic E-state index is 12.2. The van der Waals surface area contributed by atoms with E-state index in [0.29, 0.717) is 6.61 Å². The average Bonchev–Trinajstić information content (AvgIpc) is 2.48. The van der Waals surface area contributed by atoms with Crippen LogP contribution in [0.3, 0.4) is 0 Å². The monoisotopic (exact) mass is 279 g/mol. The molecule has 0 aliphatic carbocycles. The quantitative estimate of drug-likeness (QED) is 0.847. The van der Waals surface area contributed by atoms with Crippen LogP contribution in [-0.2, 0) is 9.53 Å². The Balaban J connectivity index is 2.01. The number of urea groups is 1.